The smallest absolute Gasteiger partial charge is 0.0936 e. The maximum atomic E-state index is 10.1. The number of allylic oxidation sites excluding steroid dienone is 1. The van der Waals surface area contributed by atoms with E-state index in [-0.39, 0.29) is 0 Å². The molecule has 0 fully saturated rings. The Morgan fingerprint density at radius 2 is 1.86 bits per heavy atom. The van der Waals surface area contributed by atoms with Gasteiger partial charge in [0.1, 0.15) is 0 Å². The highest BCUT2D eigenvalue weighted by atomic mass is 16.3. The van der Waals surface area contributed by atoms with Gasteiger partial charge in [0.05, 0.1) is 11.2 Å². The van der Waals surface area contributed by atoms with Crippen LogP contribution in [0.2, 0.25) is 0 Å². The van der Waals surface area contributed by atoms with E-state index in [2.05, 4.69) is 6.08 Å². The topological polar surface area (TPSA) is 40.5 Å². The van der Waals surface area contributed by atoms with Gasteiger partial charge in [0.25, 0.3) is 0 Å². The Kier molecular flexibility index (Phi) is 3.38. The summed E-state index contributed by atoms with van der Waals surface area (Å²) in [5.41, 5.74) is -0.759. The molecule has 0 aromatic carbocycles. The summed E-state index contributed by atoms with van der Waals surface area (Å²) in [5.74, 6) is 0. The largest absolute Gasteiger partial charge is 0.387 e. The molecule has 1 aliphatic rings. The zero-order chi connectivity index (χ0) is 10.8. The van der Waals surface area contributed by atoms with Gasteiger partial charge in [-0.2, -0.15) is 0 Å². The van der Waals surface area contributed by atoms with E-state index >= 15 is 0 Å². The van der Waals surface area contributed by atoms with Crippen LogP contribution in [0.5, 0.6) is 0 Å². The molecule has 0 aliphatic heterocycles. The van der Waals surface area contributed by atoms with Gasteiger partial charge < -0.3 is 10.2 Å². The van der Waals surface area contributed by atoms with Crippen LogP contribution in [-0.4, -0.2) is 21.4 Å². The van der Waals surface area contributed by atoms with Gasteiger partial charge in [-0.15, -0.1) is 0 Å². The summed E-state index contributed by atoms with van der Waals surface area (Å²) in [6, 6.07) is 0. The lowest BCUT2D eigenvalue weighted by Gasteiger charge is -2.36. The lowest BCUT2D eigenvalue weighted by atomic mass is 9.80. The van der Waals surface area contributed by atoms with E-state index in [4.69, 9.17) is 0 Å². The first-order valence-corrected chi connectivity index (χ1v) is 5.45. The highest BCUT2D eigenvalue weighted by molar-refractivity contribution is 5.11. The fraction of sp³-hybridized carbons (Fsp3) is 0.833. The zero-order valence-corrected chi connectivity index (χ0v) is 9.51. The summed E-state index contributed by atoms with van der Waals surface area (Å²) >= 11 is 0. The summed E-state index contributed by atoms with van der Waals surface area (Å²) in [7, 11) is 0. The molecule has 82 valence electrons. The average molecular weight is 198 g/mol. The van der Waals surface area contributed by atoms with Gasteiger partial charge in [0, 0.05) is 0 Å². The summed E-state index contributed by atoms with van der Waals surface area (Å²) in [6.07, 6.45) is 7.48. The second-order valence-corrected chi connectivity index (χ2v) is 5.12. The number of rotatable bonds is 3. The molecule has 1 atom stereocenters. The van der Waals surface area contributed by atoms with Gasteiger partial charge in [-0.1, -0.05) is 11.6 Å². The second-order valence-electron chi connectivity index (χ2n) is 5.12. The molecular weight excluding hydrogens is 176 g/mol. The Morgan fingerprint density at radius 1 is 1.21 bits per heavy atom. The molecule has 1 aliphatic carbocycles. The van der Waals surface area contributed by atoms with Crippen molar-refractivity contribution in [2.75, 3.05) is 0 Å². The Balaban J connectivity index is 2.62. The van der Waals surface area contributed by atoms with E-state index in [9.17, 15) is 10.2 Å². The quantitative estimate of drug-likeness (QED) is 0.684. The molecule has 0 heterocycles. The Bertz CT molecular complexity index is 221. The second kappa shape index (κ2) is 4.03. The predicted molar refractivity (Wildman–Crippen MR) is 58.1 cm³/mol. The van der Waals surface area contributed by atoms with Crippen molar-refractivity contribution in [1.29, 1.82) is 0 Å². The molecule has 0 saturated heterocycles. The lowest BCUT2D eigenvalue weighted by molar-refractivity contribution is -0.119. The predicted octanol–water partition coefficient (Wildman–Crippen LogP) is 2.40. The van der Waals surface area contributed by atoms with Gasteiger partial charge >= 0.3 is 0 Å². The molecule has 14 heavy (non-hydrogen) atoms. The summed E-state index contributed by atoms with van der Waals surface area (Å²) in [6.45, 7) is 5.04. The van der Waals surface area contributed by atoms with Crippen molar-refractivity contribution in [3.8, 4) is 0 Å². The highest BCUT2D eigenvalue weighted by Gasteiger charge is 2.37. The molecule has 0 aromatic heterocycles. The summed E-state index contributed by atoms with van der Waals surface area (Å²) in [5, 5.41) is 19.9. The third kappa shape index (κ3) is 2.82. The van der Waals surface area contributed by atoms with Crippen molar-refractivity contribution in [2.24, 2.45) is 0 Å². The molecule has 1 rings (SSSR count). The monoisotopic (exact) mass is 198 g/mol. The van der Waals surface area contributed by atoms with Crippen LogP contribution >= 0.6 is 0 Å². The number of hydrogen-bond donors (Lipinski definition) is 2. The number of hydrogen-bond acceptors (Lipinski definition) is 2. The van der Waals surface area contributed by atoms with Crippen molar-refractivity contribution in [1.82, 2.24) is 0 Å². The fourth-order valence-electron chi connectivity index (χ4n) is 1.72. The van der Waals surface area contributed by atoms with Crippen molar-refractivity contribution in [2.45, 2.75) is 64.1 Å². The minimum Gasteiger partial charge on any atom is -0.387 e. The average Bonchev–Trinajstić information content (AvgIpc) is 2.03. The minimum atomic E-state index is -1.04. The van der Waals surface area contributed by atoms with Crippen LogP contribution in [-0.2, 0) is 0 Å². The van der Waals surface area contributed by atoms with Crippen molar-refractivity contribution >= 4 is 0 Å². The van der Waals surface area contributed by atoms with Crippen LogP contribution in [0.4, 0.5) is 0 Å². The van der Waals surface area contributed by atoms with Crippen LogP contribution in [0, 0.1) is 0 Å². The standard InChI is InChI=1S/C12H22O2/c1-11(2,13)12(3,14)9-10-7-5-4-6-8-10/h7,13-14H,4-6,8-9H2,1-3H3. The van der Waals surface area contributed by atoms with E-state index in [0.717, 1.165) is 12.8 Å². The van der Waals surface area contributed by atoms with Crippen LogP contribution in [0.15, 0.2) is 11.6 Å². The Hall–Kier alpha value is -0.340. The third-order valence-corrected chi connectivity index (χ3v) is 3.27. The molecule has 2 nitrogen and oxygen atoms in total. The van der Waals surface area contributed by atoms with Crippen LogP contribution in [0.25, 0.3) is 0 Å². The zero-order valence-electron chi connectivity index (χ0n) is 9.51. The normalized spacial score (nSPS) is 22.8. The van der Waals surface area contributed by atoms with Gasteiger partial charge in [-0.25, -0.2) is 0 Å². The molecule has 2 heteroatoms. The van der Waals surface area contributed by atoms with Gasteiger partial charge in [-0.3, -0.25) is 0 Å². The third-order valence-electron chi connectivity index (χ3n) is 3.27. The molecule has 0 spiro atoms. The van der Waals surface area contributed by atoms with E-state index < -0.39 is 11.2 Å². The maximum absolute atomic E-state index is 10.1. The maximum Gasteiger partial charge on any atom is 0.0936 e. The molecule has 1 unspecified atom stereocenters. The molecular formula is C12H22O2. The van der Waals surface area contributed by atoms with Gasteiger partial charge in [0.15, 0.2) is 0 Å². The van der Waals surface area contributed by atoms with Crippen molar-refractivity contribution in [3.63, 3.8) is 0 Å². The molecule has 0 bridgehead atoms. The van der Waals surface area contributed by atoms with Crippen molar-refractivity contribution in [3.05, 3.63) is 11.6 Å². The minimum absolute atomic E-state index is 0.594. The first-order valence-electron chi connectivity index (χ1n) is 5.45. The summed E-state index contributed by atoms with van der Waals surface area (Å²) in [4.78, 5) is 0. The van der Waals surface area contributed by atoms with Crippen LogP contribution in [0.3, 0.4) is 0 Å². The van der Waals surface area contributed by atoms with E-state index in [1.807, 2.05) is 0 Å². The number of aliphatic hydroxyl groups is 2. The SMILES string of the molecule is CC(C)(O)C(C)(O)CC1=CCCCC1. The van der Waals surface area contributed by atoms with Crippen molar-refractivity contribution < 1.29 is 10.2 Å². The first-order chi connectivity index (χ1) is 6.33. The van der Waals surface area contributed by atoms with Crippen LogP contribution < -0.4 is 0 Å². The molecule has 0 aromatic rings. The van der Waals surface area contributed by atoms with Crippen LogP contribution in [0.1, 0.15) is 52.9 Å². The van der Waals surface area contributed by atoms with E-state index in [0.29, 0.717) is 6.42 Å². The molecule has 0 radical (unpaired) electrons. The fourth-order valence-corrected chi connectivity index (χ4v) is 1.72. The molecule has 2 N–H and O–H groups in total. The molecule has 0 saturated carbocycles. The highest BCUT2D eigenvalue weighted by Crippen LogP contribution is 2.31. The first kappa shape index (κ1) is 11.7. The summed E-state index contributed by atoms with van der Waals surface area (Å²) < 4.78 is 0. The van der Waals surface area contributed by atoms with E-state index in [1.165, 1.54) is 18.4 Å². The van der Waals surface area contributed by atoms with Gasteiger partial charge in [0.2, 0.25) is 0 Å². The Labute approximate surface area is 86.6 Å². The lowest BCUT2D eigenvalue weighted by Crippen LogP contribution is -2.47. The van der Waals surface area contributed by atoms with Gasteiger partial charge in [-0.05, 0) is 52.9 Å². The Morgan fingerprint density at radius 3 is 2.29 bits per heavy atom. The molecule has 0 amide bonds. The van der Waals surface area contributed by atoms with E-state index in [1.54, 1.807) is 20.8 Å².